The lowest BCUT2D eigenvalue weighted by Gasteiger charge is -2.17. The van der Waals surface area contributed by atoms with E-state index in [9.17, 15) is 14.4 Å². The highest BCUT2D eigenvalue weighted by molar-refractivity contribution is 7.18. The molecule has 0 saturated heterocycles. The molecule has 1 aromatic carbocycles. The van der Waals surface area contributed by atoms with Gasteiger partial charge in [0.2, 0.25) is 0 Å². The van der Waals surface area contributed by atoms with Gasteiger partial charge in [0.25, 0.3) is 11.8 Å². The molecule has 0 aliphatic rings. The Kier molecular flexibility index (Phi) is 6.80. The lowest BCUT2D eigenvalue weighted by Crippen LogP contribution is -2.30. The Morgan fingerprint density at radius 2 is 1.82 bits per heavy atom. The molecule has 1 aromatic heterocycles. The molecular weight excluding hydrogens is 378 g/mol. The van der Waals surface area contributed by atoms with Crippen LogP contribution in [0.3, 0.4) is 0 Å². The van der Waals surface area contributed by atoms with E-state index < -0.39 is 11.9 Å². The summed E-state index contributed by atoms with van der Waals surface area (Å²) >= 11 is 1.07. The predicted octanol–water partition coefficient (Wildman–Crippen LogP) is 3.47. The summed E-state index contributed by atoms with van der Waals surface area (Å²) < 4.78 is 4.86. The molecule has 2 aromatic rings. The van der Waals surface area contributed by atoms with Gasteiger partial charge in [0.05, 0.1) is 17.6 Å². The second kappa shape index (κ2) is 8.88. The van der Waals surface area contributed by atoms with Gasteiger partial charge < -0.3 is 20.7 Å². The second-order valence-electron chi connectivity index (χ2n) is 6.25. The summed E-state index contributed by atoms with van der Waals surface area (Å²) in [5.74, 6) is -1.20. The summed E-state index contributed by atoms with van der Waals surface area (Å²) in [5.41, 5.74) is 8.30. The molecule has 3 N–H and O–H groups in total. The zero-order valence-corrected chi connectivity index (χ0v) is 17.5. The molecule has 0 bridgehead atoms. The maximum absolute atomic E-state index is 12.8. The second-order valence-corrected chi connectivity index (χ2v) is 7.28. The van der Waals surface area contributed by atoms with Gasteiger partial charge in [-0.2, -0.15) is 0 Å². The summed E-state index contributed by atoms with van der Waals surface area (Å²) in [7, 11) is 1.26. The van der Waals surface area contributed by atoms with Gasteiger partial charge in [0.15, 0.2) is 0 Å². The Morgan fingerprint density at radius 3 is 2.36 bits per heavy atom. The van der Waals surface area contributed by atoms with Gasteiger partial charge in [-0.15, -0.1) is 11.3 Å². The van der Waals surface area contributed by atoms with E-state index in [0.717, 1.165) is 16.9 Å². The topological polar surface area (TPSA) is 102 Å². The lowest BCUT2D eigenvalue weighted by molar-refractivity contribution is 0.0601. The standard InChI is InChI=1S/C20H25N3O4S/c1-6-23(7-2)19(25)16-12(4)15(20(26)27-5)18(28-16)22-17(24)13-9-8-11(3)14(21)10-13/h8-10H,6-7,21H2,1-5H3,(H,22,24). The van der Waals surface area contributed by atoms with Gasteiger partial charge in [-0.1, -0.05) is 6.07 Å². The lowest BCUT2D eigenvalue weighted by atomic mass is 10.1. The Bertz CT molecular complexity index is 916. The van der Waals surface area contributed by atoms with Crippen LogP contribution in [0.25, 0.3) is 0 Å². The monoisotopic (exact) mass is 403 g/mol. The van der Waals surface area contributed by atoms with Gasteiger partial charge in [-0.25, -0.2) is 4.79 Å². The van der Waals surface area contributed by atoms with E-state index in [-0.39, 0.29) is 16.5 Å². The fourth-order valence-electron chi connectivity index (χ4n) is 2.76. The number of hydrogen-bond donors (Lipinski definition) is 2. The zero-order chi connectivity index (χ0) is 21.0. The van der Waals surface area contributed by atoms with E-state index in [1.54, 1.807) is 30.0 Å². The van der Waals surface area contributed by atoms with Crippen LogP contribution >= 0.6 is 11.3 Å². The molecule has 8 heteroatoms. The third kappa shape index (κ3) is 4.17. The predicted molar refractivity (Wildman–Crippen MR) is 111 cm³/mol. The number of nitrogens with two attached hydrogens (primary N) is 1. The molecule has 0 saturated carbocycles. The minimum absolute atomic E-state index is 0.183. The van der Waals surface area contributed by atoms with E-state index in [1.807, 2.05) is 20.8 Å². The smallest absolute Gasteiger partial charge is 0.341 e. The first-order valence-corrected chi connectivity index (χ1v) is 9.75. The van der Waals surface area contributed by atoms with Crippen molar-refractivity contribution in [3.8, 4) is 0 Å². The number of aryl methyl sites for hydroxylation is 1. The number of ether oxygens (including phenoxy) is 1. The summed E-state index contributed by atoms with van der Waals surface area (Å²) in [6.07, 6.45) is 0. The third-order valence-electron chi connectivity index (χ3n) is 4.55. The van der Waals surface area contributed by atoms with Crippen molar-refractivity contribution in [2.45, 2.75) is 27.7 Å². The number of carbonyl (C=O) groups excluding carboxylic acids is 3. The number of rotatable bonds is 6. The first-order valence-electron chi connectivity index (χ1n) is 8.93. The Balaban J connectivity index is 2.46. The van der Waals surface area contributed by atoms with Crippen molar-refractivity contribution in [1.82, 2.24) is 4.90 Å². The van der Waals surface area contributed by atoms with Crippen LogP contribution < -0.4 is 11.1 Å². The minimum atomic E-state index is -0.605. The molecule has 1 heterocycles. The van der Waals surface area contributed by atoms with E-state index in [4.69, 9.17) is 10.5 Å². The average molecular weight is 404 g/mol. The molecule has 0 fully saturated rings. The number of anilines is 2. The van der Waals surface area contributed by atoms with Gasteiger partial charge in [0, 0.05) is 24.3 Å². The molecule has 7 nitrogen and oxygen atoms in total. The van der Waals surface area contributed by atoms with Crippen LogP contribution in [0.1, 0.15) is 55.4 Å². The van der Waals surface area contributed by atoms with Crippen LogP contribution in [-0.4, -0.2) is 42.9 Å². The van der Waals surface area contributed by atoms with Crippen LogP contribution in [-0.2, 0) is 4.74 Å². The van der Waals surface area contributed by atoms with E-state index in [1.165, 1.54) is 7.11 Å². The normalized spacial score (nSPS) is 10.5. The third-order valence-corrected chi connectivity index (χ3v) is 5.74. The quantitative estimate of drug-likeness (QED) is 0.568. The van der Waals surface area contributed by atoms with Gasteiger partial charge in [-0.05, 0) is 51.0 Å². The van der Waals surface area contributed by atoms with Crippen LogP contribution in [0.15, 0.2) is 18.2 Å². The fourth-order valence-corrected chi connectivity index (χ4v) is 3.92. The fraction of sp³-hybridized carbons (Fsp3) is 0.350. The van der Waals surface area contributed by atoms with Crippen molar-refractivity contribution >= 4 is 39.8 Å². The van der Waals surface area contributed by atoms with Gasteiger partial charge in [0.1, 0.15) is 5.00 Å². The summed E-state index contributed by atoms with van der Waals surface area (Å²) in [4.78, 5) is 39.8. The number of thiophene rings is 1. The van der Waals surface area contributed by atoms with Crippen molar-refractivity contribution in [2.75, 3.05) is 31.2 Å². The summed E-state index contributed by atoms with van der Waals surface area (Å²) in [5, 5.41) is 3.01. The Labute approximate surface area is 168 Å². The molecule has 0 radical (unpaired) electrons. The molecule has 0 aliphatic carbocycles. The maximum atomic E-state index is 12.8. The number of methoxy groups -OCH3 is 1. The summed E-state index contributed by atoms with van der Waals surface area (Å²) in [6, 6.07) is 4.98. The maximum Gasteiger partial charge on any atom is 0.341 e. The molecule has 28 heavy (non-hydrogen) atoms. The number of carbonyl (C=O) groups is 3. The van der Waals surface area contributed by atoms with Crippen LogP contribution in [0.4, 0.5) is 10.7 Å². The van der Waals surface area contributed by atoms with Crippen molar-refractivity contribution in [2.24, 2.45) is 0 Å². The molecule has 0 spiro atoms. The Hall–Kier alpha value is -2.87. The SMILES string of the molecule is CCN(CC)C(=O)c1sc(NC(=O)c2ccc(C)c(N)c2)c(C(=O)OC)c1C. The molecule has 0 unspecified atom stereocenters. The number of benzene rings is 1. The number of nitrogen functional groups attached to an aromatic ring is 1. The van der Waals surface area contributed by atoms with Crippen LogP contribution in [0, 0.1) is 13.8 Å². The van der Waals surface area contributed by atoms with Crippen LogP contribution in [0.5, 0.6) is 0 Å². The van der Waals surface area contributed by atoms with Gasteiger partial charge in [-0.3, -0.25) is 9.59 Å². The number of hydrogen-bond acceptors (Lipinski definition) is 6. The van der Waals surface area contributed by atoms with Crippen molar-refractivity contribution in [1.29, 1.82) is 0 Å². The Morgan fingerprint density at radius 1 is 1.18 bits per heavy atom. The average Bonchev–Trinajstić information content (AvgIpc) is 3.00. The highest BCUT2D eigenvalue weighted by Crippen LogP contribution is 2.35. The van der Waals surface area contributed by atoms with Crippen molar-refractivity contribution < 1.29 is 19.1 Å². The number of nitrogens with zero attached hydrogens (tertiary/aromatic N) is 1. The summed E-state index contributed by atoms with van der Waals surface area (Å²) in [6.45, 7) is 8.39. The highest BCUT2D eigenvalue weighted by atomic mass is 32.1. The molecule has 150 valence electrons. The molecular formula is C20H25N3O4S. The van der Waals surface area contributed by atoms with Crippen molar-refractivity contribution in [3.63, 3.8) is 0 Å². The number of amides is 2. The van der Waals surface area contributed by atoms with Crippen LogP contribution in [0.2, 0.25) is 0 Å². The molecule has 2 amide bonds. The first kappa shape index (κ1) is 21.4. The van der Waals surface area contributed by atoms with E-state index >= 15 is 0 Å². The number of nitrogens with one attached hydrogen (secondary N) is 1. The minimum Gasteiger partial charge on any atom is -0.465 e. The number of esters is 1. The van der Waals surface area contributed by atoms with E-state index in [2.05, 4.69) is 5.32 Å². The largest absolute Gasteiger partial charge is 0.465 e. The highest BCUT2D eigenvalue weighted by Gasteiger charge is 2.28. The molecule has 0 atom stereocenters. The first-order chi connectivity index (χ1) is 13.2. The van der Waals surface area contributed by atoms with E-state index in [0.29, 0.717) is 34.8 Å². The molecule has 0 aliphatic heterocycles. The van der Waals surface area contributed by atoms with Gasteiger partial charge >= 0.3 is 5.97 Å². The van der Waals surface area contributed by atoms with Crippen molar-refractivity contribution in [3.05, 3.63) is 45.3 Å². The zero-order valence-electron chi connectivity index (χ0n) is 16.7. The molecule has 2 rings (SSSR count).